The fraction of sp³-hybridized carbons (Fsp3) is 0.143. The van der Waals surface area contributed by atoms with Crippen LogP contribution in [0.5, 0.6) is 5.75 Å². The Bertz CT molecular complexity index is 574. The number of carbonyl (C=O) groups is 1. The highest BCUT2D eigenvalue weighted by molar-refractivity contribution is 6.05. The summed E-state index contributed by atoms with van der Waals surface area (Å²) in [6, 6.07) is 8.07. The van der Waals surface area contributed by atoms with Crippen LogP contribution in [0.2, 0.25) is 0 Å². The number of benzene rings is 1. The Hall–Kier alpha value is -2.36. The standard InChI is InChI=1S/C14H14N2O2/c1-9-6-7-15-10(2)13(9)16-14(18)11-4-3-5-12(17)8-11/h3-8,17H,1-2H3,(H,16,18). The second-order valence-corrected chi connectivity index (χ2v) is 4.09. The number of aromatic hydroxyl groups is 1. The molecule has 0 aliphatic carbocycles. The molecule has 2 aromatic rings. The molecule has 1 aromatic carbocycles. The average Bonchev–Trinajstić information content (AvgIpc) is 2.34. The number of phenolic OH excluding ortho intramolecular Hbond substituents is 1. The molecule has 4 nitrogen and oxygen atoms in total. The molecule has 2 N–H and O–H groups in total. The van der Waals surface area contributed by atoms with Crippen LogP contribution in [0.25, 0.3) is 0 Å². The van der Waals surface area contributed by atoms with Crippen LogP contribution in [-0.4, -0.2) is 16.0 Å². The summed E-state index contributed by atoms with van der Waals surface area (Å²) in [7, 11) is 0. The van der Waals surface area contributed by atoms with E-state index in [1.54, 1.807) is 18.3 Å². The minimum Gasteiger partial charge on any atom is -0.508 e. The highest BCUT2D eigenvalue weighted by atomic mass is 16.3. The third-order valence-corrected chi connectivity index (χ3v) is 2.70. The zero-order valence-corrected chi connectivity index (χ0v) is 10.3. The van der Waals surface area contributed by atoms with Crippen molar-refractivity contribution in [3.8, 4) is 5.75 Å². The maximum Gasteiger partial charge on any atom is 0.255 e. The molecule has 0 fully saturated rings. The van der Waals surface area contributed by atoms with E-state index in [1.165, 1.54) is 12.1 Å². The predicted molar refractivity (Wildman–Crippen MR) is 69.8 cm³/mol. The summed E-state index contributed by atoms with van der Waals surface area (Å²) < 4.78 is 0. The number of pyridine rings is 1. The summed E-state index contributed by atoms with van der Waals surface area (Å²) in [6.07, 6.45) is 1.70. The van der Waals surface area contributed by atoms with Gasteiger partial charge in [0.15, 0.2) is 0 Å². The number of nitrogens with one attached hydrogen (secondary N) is 1. The molecular formula is C14H14N2O2. The van der Waals surface area contributed by atoms with Gasteiger partial charge in [-0.1, -0.05) is 6.07 Å². The first-order valence-electron chi connectivity index (χ1n) is 5.60. The zero-order chi connectivity index (χ0) is 13.1. The number of phenols is 1. The molecule has 0 saturated carbocycles. The summed E-state index contributed by atoms with van der Waals surface area (Å²) in [6.45, 7) is 3.75. The number of carbonyl (C=O) groups excluding carboxylic acids is 1. The fourth-order valence-corrected chi connectivity index (χ4v) is 1.72. The SMILES string of the molecule is Cc1ccnc(C)c1NC(=O)c1cccc(O)c1. The lowest BCUT2D eigenvalue weighted by Crippen LogP contribution is -2.14. The molecule has 0 atom stereocenters. The lowest BCUT2D eigenvalue weighted by molar-refractivity contribution is 0.102. The quantitative estimate of drug-likeness (QED) is 0.851. The van der Waals surface area contributed by atoms with Gasteiger partial charge in [-0.3, -0.25) is 9.78 Å². The predicted octanol–water partition coefficient (Wildman–Crippen LogP) is 2.66. The lowest BCUT2D eigenvalue weighted by Gasteiger charge is -2.10. The summed E-state index contributed by atoms with van der Waals surface area (Å²) >= 11 is 0. The Morgan fingerprint density at radius 2 is 2.06 bits per heavy atom. The van der Waals surface area contributed by atoms with Crippen LogP contribution in [0.3, 0.4) is 0 Å². The van der Waals surface area contributed by atoms with Crippen LogP contribution in [0, 0.1) is 13.8 Å². The van der Waals surface area contributed by atoms with Crippen molar-refractivity contribution in [2.75, 3.05) is 5.32 Å². The van der Waals surface area contributed by atoms with Crippen molar-refractivity contribution < 1.29 is 9.90 Å². The molecule has 0 radical (unpaired) electrons. The summed E-state index contributed by atoms with van der Waals surface area (Å²) in [5.41, 5.74) is 2.85. The molecule has 0 aliphatic heterocycles. The zero-order valence-electron chi connectivity index (χ0n) is 10.3. The van der Waals surface area contributed by atoms with Gasteiger partial charge in [0.25, 0.3) is 5.91 Å². The number of hydrogen-bond acceptors (Lipinski definition) is 3. The number of aryl methyl sites for hydroxylation is 2. The topological polar surface area (TPSA) is 62.2 Å². The van der Waals surface area contributed by atoms with Crippen molar-refractivity contribution in [1.29, 1.82) is 0 Å². The molecule has 0 unspecified atom stereocenters. The molecule has 2 rings (SSSR count). The van der Waals surface area contributed by atoms with Gasteiger partial charge in [-0.05, 0) is 43.7 Å². The molecule has 1 aromatic heterocycles. The van der Waals surface area contributed by atoms with Crippen molar-refractivity contribution in [2.45, 2.75) is 13.8 Å². The van der Waals surface area contributed by atoms with Gasteiger partial charge in [0, 0.05) is 11.8 Å². The molecule has 4 heteroatoms. The van der Waals surface area contributed by atoms with E-state index in [9.17, 15) is 9.90 Å². The van der Waals surface area contributed by atoms with Gasteiger partial charge in [0.1, 0.15) is 5.75 Å². The van der Waals surface area contributed by atoms with Crippen molar-refractivity contribution in [2.24, 2.45) is 0 Å². The maximum atomic E-state index is 12.0. The van der Waals surface area contributed by atoms with Gasteiger partial charge in [0.2, 0.25) is 0 Å². The molecule has 92 valence electrons. The van der Waals surface area contributed by atoms with Crippen molar-refractivity contribution in [3.63, 3.8) is 0 Å². The normalized spacial score (nSPS) is 10.1. The van der Waals surface area contributed by atoms with Gasteiger partial charge < -0.3 is 10.4 Å². The highest BCUT2D eigenvalue weighted by Crippen LogP contribution is 2.19. The number of amides is 1. The minimum absolute atomic E-state index is 0.0716. The number of rotatable bonds is 2. The molecule has 0 aliphatic rings. The lowest BCUT2D eigenvalue weighted by atomic mass is 10.1. The Kier molecular flexibility index (Phi) is 3.28. The number of hydrogen-bond donors (Lipinski definition) is 2. The molecule has 1 amide bonds. The van der Waals surface area contributed by atoms with Crippen molar-refractivity contribution in [3.05, 3.63) is 53.3 Å². The Labute approximate surface area is 105 Å². The first-order valence-corrected chi connectivity index (χ1v) is 5.60. The number of nitrogens with zero attached hydrogens (tertiary/aromatic N) is 1. The summed E-state index contributed by atoms with van der Waals surface area (Å²) in [4.78, 5) is 16.2. The van der Waals surface area contributed by atoms with Gasteiger partial charge in [0.05, 0.1) is 11.4 Å². The van der Waals surface area contributed by atoms with Crippen LogP contribution in [0.1, 0.15) is 21.6 Å². The second kappa shape index (κ2) is 4.87. The van der Waals surface area contributed by atoms with E-state index in [2.05, 4.69) is 10.3 Å². The van der Waals surface area contributed by atoms with E-state index in [-0.39, 0.29) is 11.7 Å². The van der Waals surface area contributed by atoms with Crippen LogP contribution in [0.15, 0.2) is 36.5 Å². The maximum absolute atomic E-state index is 12.0. The number of anilines is 1. The third-order valence-electron chi connectivity index (χ3n) is 2.70. The molecular weight excluding hydrogens is 228 g/mol. The van der Waals surface area contributed by atoms with Gasteiger partial charge >= 0.3 is 0 Å². The third kappa shape index (κ3) is 2.48. The van der Waals surface area contributed by atoms with E-state index < -0.39 is 0 Å². The molecule has 1 heterocycles. The summed E-state index contributed by atoms with van der Waals surface area (Å²) in [5, 5.41) is 12.2. The molecule has 0 spiro atoms. The van der Waals surface area contributed by atoms with E-state index in [0.717, 1.165) is 11.3 Å². The van der Waals surface area contributed by atoms with Gasteiger partial charge in [-0.15, -0.1) is 0 Å². The Morgan fingerprint density at radius 3 is 2.72 bits per heavy atom. The van der Waals surface area contributed by atoms with Crippen LogP contribution < -0.4 is 5.32 Å². The van der Waals surface area contributed by atoms with Gasteiger partial charge in [-0.2, -0.15) is 0 Å². The number of aromatic nitrogens is 1. The molecule has 0 bridgehead atoms. The highest BCUT2D eigenvalue weighted by Gasteiger charge is 2.10. The van der Waals surface area contributed by atoms with Crippen LogP contribution >= 0.6 is 0 Å². The second-order valence-electron chi connectivity index (χ2n) is 4.09. The fourth-order valence-electron chi connectivity index (χ4n) is 1.72. The Morgan fingerprint density at radius 1 is 1.28 bits per heavy atom. The van der Waals surface area contributed by atoms with E-state index in [0.29, 0.717) is 11.3 Å². The monoisotopic (exact) mass is 242 g/mol. The first-order chi connectivity index (χ1) is 8.58. The van der Waals surface area contributed by atoms with Gasteiger partial charge in [-0.25, -0.2) is 0 Å². The smallest absolute Gasteiger partial charge is 0.255 e. The van der Waals surface area contributed by atoms with Crippen LogP contribution in [-0.2, 0) is 0 Å². The molecule has 18 heavy (non-hydrogen) atoms. The van der Waals surface area contributed by atoms with Crippen molar-refractivity contribution in [1.82, 2.24) is 4.98 Å². The van der Waals surface area contributed by atoms with Crippen LogP contribution in [0.4, 0.5) is 5.69 Å². The van der Waals surface area contributed by atoms with E-state index >= 15 is 0 Å². The summed E-state index contributed by atoms with van der Waals surface area (Å²) in [5.74, 6) is -0.188. The largest absolute Gasteiger partial charge is 0.508 e. The average molecular weight is 242 g/mol. The first kappa shape index (κ1) is 12.1. The Balaban J connectivity index is 2.27. The van der Waals surface area contributed by atoms with E-state index in [1.807, 2.05) is 19.9 Å². The minimum atomic E-state index is -0.259. The molecule has 0 saturated heterocycles. The van der Waals surface area contributed by atoms with Crippen molar-refractivity contribution >= 4 is 11.6 Å². The van der Waals surface area contributed by atoms with E-state index in [4.69, 9.17) is 0 Å².